The molecule has 3 amide bonds. The molecule has 0 aromatic carbocycles. The Bertz CT molecular complexity index is 482. The van der Waals surface area contributed by atoms with Gasteiger partial charge in [-0.3, -0.25) is 4.79 Å². The fourth-order valence-corrected chi connectivity index (χ4v) is 1.36. The van der Waals surface area contributed by atoms with E-state index in [2.05, 4.69) is 10.6 Å². The summed E-state index contributed by atoms with van der Waals surface area (Å²) in [5, 5.41) is 13.3. The Balaban J connectivity index is 2.44. The Hall–Kier alpha value is -2.51. The van der Waals surface area contributed by atoms with Gasteiger partial charge in [0.1, 0.15) is 17.6 Å². The maximum absolute atomic E-state index is 11.4. The summed E-state index contributed by atoms with van der Waals surface area (Å²) in [4.78, 5) is 32.9. The highest BCUT2D eigenvalue weighted by atomic mass is 16.4. The number of primary amides is 1. The zero-order chi connectivity index (χ0) is 14.4. The van der Waals surface area contributed by atoms with Crippen LogP contribution in [0.3, 0.4) is 0 Å². The van der Waals surface area contributed by atoms with Crippen LogP contribution in [0.4, 0.5) is 4.79 Å². The molecular weight excluding hydrogens is 254 g/mol. The lowest BCUT2D eigenvalue weighted by Crippen LogP contribution is -2.47. The normalized spacial score (nSPS) is 11.6. The summed E-state index contributed by atoms with van der Waals surface area (Å²) in [6.07, 6.45) is -0.470. The molecule has 1 aromatic rings. The Kier molecular flexibility index (Phi) is 4.92. The molecule has 104 valence electrons. The standard InChI is InChI=1S/C11H15N3O5/c1-6-2-3-7(19-6)5-13-11(18)14-8(10(16)17)4-9(12)15/h2-3,8H,4-5H2,1H3,(H2,12,15)(H,16,17)(H2,13,14,18)/t8-/m1/s1. The number of urea groups is 1. The lowest BCUT2D eigenvalue weighted by Gasteiger charge is -2.13. The summed E-state index contributed by atoms with van der Waals surface area (Å²) in [5.41, 5.74) is 4.89. The number of carboxylic acids is 1. The topological polar surface area (TPSA) is 135 Å². The van der Waals surface area contributed by atoms with E-state index in [0.29, 0.717) is 11.5 Å². The van der Waals surface area contributed by atoms with Gasteiger partial charge in [0, 0.05) is 0 Å². The lowest BCUT2D eigenvalue weighted by atomic mass is 10.2. The van der Waals surface area contributed by atoms with Crippen molar-refractivity contribution in [3.05, 3.63) is 23.7 Å². The molecule has 0 saturated heterocycles. The molecule has 0 saturated carbocycles. The summed E-state index contributed by atoms with van der Waals surface area (Å²) in [5.74, 6) is -0.902. The van der Waals surface area contributed by atoms with Crippen LogP contribution in [0.2, 0.25) is 0 Å². The number of nitrogens with one attached hydrogen (secondary N) is 2. The molecule has 0 aliphatic rings. The van der Waals surface area contributed by atoms with Gasteiger partial charge in [0.2, 0.25) is 5.91 Å². The van der Waals surface area contributed by atoms with E-state index in [1.165, 1.54) is 0 Å². The monoisotopic (exact) mass is 269 g/mol. The van der Waals surface area contributed by atoms with Gasteiger partial charge in [-0.2, -0.15) is 0 Å². The van der Waals surface area contributed by atoms with Gasteiger partial charge in [0.25, 0.3) is 0 Å². The number of hydrogen-bond acceptors (Lipinski definition) is 4. The number of hydrogen-bond donors (Lipinski definition) is 4. The van der Waals surface area contributed by atoms with Gasteiger partial charge in [-0.05, 0) is 19.1 Å². The quantitative estimate of drug-likeness (QED) is 0.563. The largest absolute Gasteiger partial charge is 0.480 e. The van der Waals surface area contributed by atoms with E-state index in [1.807, 2.05) is 0 Å². The van der Waals surface area contributed by atoms with Crippen LogP contribution < -0.4 is 16.4 Å². The first-order chi connectivity index (χ1) is 8.88. The number of carbonyl (C=O) groups is 3. The summed E-state index contributed by atoms with van der Waals surface area (Å²) in [6.45, 7) is 1.87. The van der Waals surface area contributed by atoms with Gasteiger partial charge < -0.3 is 25.9 Å². The molecule has 1 aromatic heterocycles. The SMILES string of the molecule is Cc1ccc(CNC(=O)N[C@H](CC(N)=O)C(=O)O)o1. The molecule has 1 atom stereocenters. The Morgan fingerprint density at radius 2 is 2.11 bits per heavy atom. The molecule has 1 rings (SSSR count). The molecule has 0 fully saturated rings. The Morgan fingerprint density at radius 3 is 2.58 bits per heavy atom. The Morgan fingerprint density at radius 1 is 1.42 bits per heavy atom. The third-order valence-electron chi connectivity index (χ3n) is 2.23. The number of nitrogens with two attached hydrogens (primary N) is 1. The van der Waals surface area contributed by atoms with Crippen molar-refractivity contribution in [2.45, 2.75) is 25.9 Å². The maximum Gasteiger partial charge on any atom is 0.326 e. The second-order valence-electron chi connectivity index (χ2n) is 3.90. The van der Waals surface area contributed by atoms with E-state index >= 15 is 0 Å². The number of aryl methyl sites for hydroxylation is 1. The molecule has 8 heteroatoms. The van der Waals surface area contributed by atoms with Crippen LogP contribution in [-0.2, 0) is 16.1 Å². The molecule has 1 heterocycles. The first-order valence-corrected chi connectivity index (χ1v) is 5.49. The van der Waals surface area contributed by atoms with Crippen molar-refractivity contribution in [1.29, 1.82) is 0 Å². The van der Waals surface area contributed by atoms with E-state index in [-0.39, 0.29) is 6.54 Å². The van der Waals surface area contributed by atoms with Crippen LogP contribution in [0.25, 0.3) is 0 Å². The molecule has 0 unspecified atom stereocenters. The highest BCUT2D eigenvalue weighted by Gasteiger charge is 2.21. The van der Waals surface area contributed by atoms with Gasteiger partial charge in [-0.1, -0.05) is 0 Å². The fraction of sp³-hybridized carbons (Fsp3) is 0.364. The van der Waals surface area contributed by atoms with Crippen molar-refractivity contribution in [2.75, 3.05) is 0 Å². The number of carboxylic acid groups (broad SMARTS) is 1. The third-order valence-corrected chi connectivity index (χ3v) is 2.23. The zero-order valence-electron chi connectivity index (χ0n) is 10.3. The number of aliphatic carboxylic acids is 1. The molecule has 0 spiro atoms. The first-order valence-electron chi connectivity index (χ1n) is 5.49. The van der Waals surface area contributed by atoms with Crippen molar-refractivity contribution in [1.82, 2.24) is 10.6 Å². The summed E-state index contributed by atoms with van der Waals surface area (Å²) in [6, 6.07) is 1.36. The van der Waals surface area contributed by atoms with Gasteiger partial charge in [0.05, 0.1) is 13.0 Å². The van der Waals surface area contributed by atoms with Crippen molar-refractivity contribution in [3.8, 4) is 0 Å². The molecule has 19 heavy (non-hydrogen) atoms. The number of amides is 3. The molecule has 0 bridgehead atoms. The van der Waals surface area contributed by atoms with Crippen LogP contribution in [0.5, 0.6) is 0 Å². The van der Waals surface area contributed by atoms with Crippen molar-refractivity contribution in [3.63, 3.8) is 0 Å². The molecule has 8 nitrogen and oxygen atoms in total. The predicted octanol–water partition coefficient (Wildman–Crippen LogP) is -0.284. The van der Waals surface area contributed by atoms with Gasteiger partial charge in [-0.25, -0.2) is 9.59 Å². The average molecular weight is 269 g/mol. The summed E-state index contributed by atoms with van der Waals surface area (Å²) < 4.78 is 5.22. The van der Waals surface area contributed by atoms with E-state index in [0.717, 1.165) is 0 Å². The summed E-state index contributed by atoms with van der Waals surface area (Å²) >= 11 is 0. The number of carbonyl (C=O) groups excluding carboxylic acids is 2. The molecule has 0 radical (unpaired) electrons. The van der Waals surface area contributed by atoms with Crippen molar-refractivity contribution in [2.24, 2.45) is 5.73 Å². The summed E-state index contributed by atoms with van der Waals surface area (Å²) in [7, 11) is 0. The fourth-order valence-electron chi connectivity index (χ4n) is 1.36. The van der Waals surface area contributed by atoms with Crippen LogP contribution in [0.1, 0.15) is 17.9 Å². The van der Waals surface area contributed by atoms with Gasteiger partial charge in [-0.15, -0.1) is 0 Å². The molecular formula is C11H15N3O5. The van der Waals surface area contributed by atoms with Crippen LogP contribution in [-0.4, -0.2) is 29.1 Å². The lowest BCUT2D eigenvalue weighted by molar-refractivity contribution is -0.140. The maximum atomic E-state index is 11.4. The van der Waals surface area contributed by atoms with Crippen LogP contribution in [0.15, 0.2) is 16.5 Å². The van der Waals surface area contributed by atoms with Gasteiger partial charge >= 0.3 is 12.0 Å². The van der Waals surface area contributed by atoms with E-state index < -0.39 is 30.4 Å². The average Bonchev–Trinajstić information content (AvgIpc) is 2.71. The minimum absolute atomic E-state index is 0.114. The third kappa shape index (κ3) is 5.11. The van der Waals surface area contributed by atoms with E-state index in [1.54, 1.807) is 19.1 Å². The minimum Gasteiger partial charge on any atom is -0.480 e. The smallest absolute Gasteiger partial charge is 0.326 e. The minimum atomic E-state index is -1.35. The zero-order valence-corrected chi connectivity index (χ0v) is 10.3. The van der Waals surface area contributed by atoms with Crippen LogP contribution in [0, 0.1) is 6.92 Å². The van der Waals surface area contributed by atoms with Gasteiger partial charge in [0.15, 0.2) is 0 Å². The van der Waals surface area contributed by atoms with E-state index in [4.69, 9.17) is 15.3 Å². The molecule has 0 aliphatic carbocycles. The number of rotatable bonds is 6. The first kappa shape index (κ1) is 14.6. The van der Waals surface area contributed by atoms with Crippen LogP contribution >= 0.6 is 0 Å². The molecule has 5 N–H and O–H groups in total. The Labute approximate surface area is 108 Å². The number of furan rings is 1. The van der Waals surface area contributed by atoms with Crippen molar-refractivity contribution < 1.29 is 23.9 Å². The second kappa shape index (κ2) is 6.43. The highest BCUT2D eigenvalue weighted by molar-refractivity contribution is 5.87. The van der Waals surface area contributed by atoms with Crippen molar-refractivity contribution >= 4 is 17.9 Å². The predicted molar refractivity (Wildman–Crippen MR) is 64.1 cm³/mol. The molecule has 0 aliphatic heterocycles. The van der Waals surface area contributed by atoms with E-state index in [9.17, 15) is 14.4 Å². The second-order valence-corrected chi connectivity index (χ2v) is 3.90. The highest BCUT2D eigenvalue weighted by Crippen LogP contribution is 2.05.